The average Bonchev–Trinajstić information content (AvgIpc) is 3.10. The van der Waals surface area contributed by atoms with Crippen LogP contribution in [0.1, 0.15) is 46.5 Å². The van der Waals surface area contributed by atoms with Gasteiger partial charge in [0, 0.05) is 21.5 Å². The number of carbonyl (C=O) groups excluding carboxylic acids is 1. The highest BCUT2D eigenvalue weighted by Crippen LogP contribution is 2.69. The molecule has 26 heavy (non-hydrogen) atoms. The molecule has 0 bridgehead atoms. The summed E-state index contributed by atoms with van der Waals surface area (Å²) < 4.78 is 7.02. The summed E-state index contributed by atoms with van der Waals surface area (Å²) in [5, 5.41) is 2.88. The molecule has 0 aliphatic heterocycles. The third kappa shape index (κ3) is 2.72. The predicted molar refractivity (Wildman–Crippen MR) is 108 cm³/mol. The van der Waals surface area contributed by atoms with Crippen molar-refractivity contribution < 1.29 is 9.53 Å². The fraction of sp³-hybridized carbons (Fsp3) is 0.591. The van der Waals surface area contributed by atoms with E-state index in [0.29, 0.717) is 17.8 Å². The SMILES string of the molecule is C=C1CC[C@@H]2C[C@@H]3[C@@H](OC(=O)Nc4ccc(Br)cc4)C(C)(C)C[C@@H]3[C@]12C. The monoisotopic (exact) mass is 417 g/mol. The van der Waals surface area contributed by atoms with Gasteiger partial charge in [0.1, 0.15) is 6.10 Å². The summed E-state index contributed by atoms with van der Waals surface area (Å²) in [6.07, 6.45) is 4.33. The summed E-state index contributed by atoms with van der Waals surface area (Å²) in [6.45, 7) is 11.3. The molecule has 0 heterocycles. The second-order valence-electron chi connectivity index (χ2n) is 9.28. The maximum atomic E-state index is 12.6. The van der Waals surface area contributed by atoms with E-state index in [0.717, 1.165) is 16.6 Å². The third-order valence-corrected chi connectivity index (χ3v) is 8.01. The minimum Gasteiger partial charge on any atom is -0.445 e. The zero-order chi connectivity index (χ0) is 18.7. The quantitative estimate of drug-likeness (QED) is 0.564. The molecule has 0 spiro atoms. The number of rotatable bonds is 2. The first kappa shape index (κ1) is 18.1. The molecule has 3 aliphatic carbocycles. The Morgan fingerprint density at radius 3 is 2.65 bits per heavy atom. The van der Waals surface area contributed by atoms with Gasteiger partial charge in [-0.25, -0.2) is 4.79 Å². The van der Waals surface area contributed by atoms with Crippen molar-refractivity contribution in [2.75, 3.05) is 5.32 Å². The first-order valence-corrected chi connectivity index (χ1v) is 10.4. The zero-order valence-corrected chi connectivity index (χ0v) is 17.4. The first-order chi connectivity index (χ1) is 12.2. The van der Waals surface area contributed by atoms with Crippen LogP contribution in [0.5, 0.6) is 0 Å². The van der Waals surface area contributed by atoms with Crippen molar-refractivity contribution in [1.82, 2.24) is 0 Å². The predicted octanol–water partition coefficient (Wildman–Crippen LogP) is 6.40. The van der Waals surface area contributed by atoms with Crippen LogP contribution in [0.3, 0.4) is 0 Å². The molecule has 3 saturated carbocycles. The highest BCUT2D eigenvalue weighted by Gasteiger charge is 2.64. The van der Waals surface area contributed by atoms with Gasteiger partial charge in [0.25, 0.3) is 0 Å². The van der Waals surface area contributed by atoms with E-state index in [-0.39, 0.29) is 23.0 Å². The van der Waals surface area contributed by atoms with Crippen molar-refractivity contribution in [2.45, 2.75) is 52.6 Å². The summed E-state index contributed by atoms with van der Waals surface area (Å²) in [7, 11) is 0. The van der Waals surface area contributed by atoms with Crippen LogP contribution in [0.2, 0.25) is 0 Å². The Labute approximate surface area is 164 Å². The Kier molecular flexibility index (Phi) is 4.26. The number of benzene rings is 1. The molecule has 0 saturated heterocycles. The lowest BCUT2D eigenvalue weighted by Crippen LogP contribution is -2.35. The van der Waals surface area contributed by atoms with Gasteiger partial charge < -0.3 is 4.74 Å². The zero-order valence-electron chi connectivity index (χ0n) is 15.8. The number of amides is 1. The van der Waals surface area contributed by atoms with Crippen LogP contribution in [0.4, 0.5) is 10.5 Å². The number of ether oxygens (including phenoxy) is 1. The molecule has 1 aromatic carbocycles. The highest BCUT2D eigenvalue weighted by molar-refractivity contribution is 9.10. The van der Waals surface area contributed by atoms with Crippen LogP contribution in [-0.2, 0) is 4.74 Å². The molecule has 3 fully saturated rings. The van der Waals surface area contributed by atoms with Crippen molar-refractivity contribution in [3.8, 4) is 0 Å². The van der Waals surface area contributed by atoms with Gasteiger partial charge in [-0.15, -0.1) is 0 Å². The van der Waals surface area contributed by atoms with E-state index in [4.69, 9.17) is 4.74 Å². The molecular weight excluding hydrogens is 390 g/mol. The first-order valence-electron chi connectivity index (χ1n) is 9.63. The lowest BCUT2D eigenvalue weighted by atomic mass is 9.70. The second-order valence-corrected chi connectivity index (χ2v) is 10.2. The van der Waals surface area contributed by atoms with Crippen LogP contribution in [0, 0.1) is 28.6 Å². The molecule has 3 nitrogen and oxygen atoms in total. The van der Waals surface area contributed by atoms with Gasteiger partial charge in [-0.05, 0) is 67.2 Å². The van der Waals surface area contributed by atoms with Crippen molar-refractivity contribution in [1.29, 1.82) is 0 Å². The standard InChI is InChI=1S/C22H28BrNO2/c1-13-5-6-14-11-17-18(22(13,14)4)12-21(2,3)19(17)26-20(25)24-16-9-7-15(23)8-10-16/h7-10,14,17-19H,1,5-6,11-12H2,2-4H3,(H,24,25)/t14-,17+,18+,19-,22-/m1/s1. The van der Waals surface area contributed by atoms with Gasteiger partial charge in [0.15, 0.2) is 0 Å². The summed E-state index contributed by atoms with van der Waals surface area (Å²) in [5.41, 5.74) is 2.42. The fourth-order valence-corrected chi connectivity index (χ4v) is 6.34. The Hall–Kier alpha value is -1.29. The minimum atomic E-state index is -0.341. The molecule has 1 N–H and O–H groups in total. The summed E-state index contributed by atoms with van der Waals surface area (Å²) in [4.78, 5) is 12.6. The van der Waals surface area contributed by atoms with Crippen molar-refractivity contribution in [3.63, 3.8) is 0 Å². The van der Waals surface area contributed by atoms with Gasteiger partial charge >= 0.3 is 6.09 Å². The molecule has 0 unspecified atom stereocenters. The van der Waals surface area contributed by atoms with E-state index in [1.807, 2.05) is 24.3 Å². The van der Waals surface area contributed by atoms with Crippen molar-refractivity contribution in [2.24, 2.45) is 28.6 Å². The summed E-state index contributed by atoms with van der Waals surface area (Å²) >= 11 is 3.41. The normalized spacial score (nSPS) is 37.3. The van der Waals surface area contributed by atoms with Crippen molar-refractivity contribution in [3.05, 3.63) is 40.9 Å². The highest BCUT2D eigenvalue weighted by atomic mass is 79.9. The summed E-state index contributed by atoms with van der Waals surface area (Å²) in [6, 6.07) is 7.57. The molecule has 0 aromatic heterocycles. The van der Waals surface area contributed by atoms with Crippen LogP contribution in [-0.4, -0.2) is 12.2 Å². The minimum absolute atomic E-state index is 0.00321. The molecule has 140 valence electrons. The lowest BCUT2D eigenvalue weighted by Gasteiger charge is -2.34. The van der Waals surface area contributed by atoms with Gasteiger partial charge in [-0.1, -0.05) is 48.9 Å². The molecule has 4 rings (SSSR count). The molecule has 3 aliphatic rings. The average molecular weight is 418 g/mol. The number of nitrogens with one attached hydrogen (secondary N) is 1. The molecule has 0 radical (unpaired) electrons. The van der Waals surface area contributed by atoms with E-state index in [1.54, 1.807) is 0 Å². The maximum absolute atomic E-state index is 12.6. The van der Waals surface area contributed by atoms with Gasteiger partial charge in [0.05, 0.1) is 0 Å². The van der Waals surface area contributed by atoms with E-state index < -0.39 is 0 Å². The van der Waals surface area contributed by atoms with Crippen molar-refractivity contribution >= 4 is 27.7 Å². The maximum Gasteiger partial charge on any atom is 0.411 e. The lowest BCUT2D eigenvalue weighted by molar-refractivity contribution is 0.0231. The number of fused-ring (bicyclic) bond motifs is 3. The topological polar surface area (TPSA) is 38.3 Å². The van der Waals surface area contributed by atoms with Gasteiger partial charge in [0.2, 0.25) is 0 Å². The molecular formula is C22H28BrNO2. The Bertz CT molecular complexity index is 741. The fourth-order valence-electron chi connectivity index (χ4n) is 6.07. The molecule has 1 amide bonds. The van der Waals surface area contributed by atoms with Gasteiger partial charge in [-0.3, -0.25) is 5.32 Å². The number of allylic oxidation sites excluding steroid dienone is 1. The van der Waals surface area contributed by atoms with Crippen LogP contribution in [0.15, 0.2) is 40.9 Å². The van der Waals surface area contributed by atoms with Crippen LogP contribution >= 0.6 is 15.9 Å². The number of hydrogen-bond acceptors (Lipinski definition) is 2. The Balaban J connectivity index is 1.50. The molecule has 5 atom stereocenters. The van der Waals surface area contributed by atoms with Crippen LogP contribution in [0.25, 0.3) is 0 Å². The van der Waals surface area contributed by atoms with E-state index in [9.17, 15) is 4.79 Å². The number of carbonyl (C=O) groups is 1. The molecule has 4 heteroatoms. The van der Waals surface area contributed by atoms with Gasteiger partial charge in [-0.2, -0.15) is 0 Å². The number of hydrogen-bond donors (Lipinski definition) is 1. The summed E-state index contributed by atoms with van der Waals surface area (Å²) in [5.74, 6) is 1.75. The van der Waals surface area contributed by atoms with E-state index >= 15 is 0 Å². The third-order valence-electron chi connectivity index (χ3n) is 7.48. The second kappa shape index (κ2) is 6.12. The number of halogens is 1. The van der Waals surface area contributed by atoms with Crippen LogP contribution < -0.4 is 5.32 Å². The Morgan fingerprint density at radius 1 is 1.27 bits per heavy atom. The number of anilines is 1. The van der Waals surface area contributed by atoms with E-state index in [2.05, 4.69) is 48.6 Å². The van der Waals surface area contributed by atoms with E-state index in [1.165, 1.54) is 24.8 Å². The largest absolute Gasteiger partial charge is 0.445 e. The Morgan fingerprint density at radius 2 is 1.96 bits per heavy atom. The molecule has 1 aromatic rings. The smallest absolute Gasteiger partial charge is 0.411 e.